The van der Waals surface area contributed by atoms with Crippen LogP contribution in [-0.2, 0) is 19.5 Å². The fraction of sp³-hybridized carbons (Fsp3) is 0.519. The number of nitrogens with zero attached hydrogens (tertiary/aromatic N) is 6. The number of pyridine rings is 1. The number of aromatic amines is 1. The van der Waals surface area contributed by atoms with E-state index in [0.29, 0.717) is 49.1 Å². The highest BCUT2D eigenvalue weighted by Gasteiger charge is 2.27. The van der Waals surface area contributed by atoms with Crippen LogP contribution in [0.15, 0.2) is 48.1 Å². The van der Waals surface area contributed by atoms with Gasteiger partial charge in [-0.25, -0.2) is 9.59 Å². The Morgan fingerprint density at radius 2 is 1.77 bits per heavy atom. The molecule has 204 valence electrons. The van der Waals surface area contributed by atoms with E-state index in [1.165, 1.54) is 22.0 Å². The van der Waals surface area contributed by atoms with Gasteiger partial charge in [-0.05, 0) is 63.0 Å². The molecular formula is C27H31N7O5. The summed E-state index contributed by atoms with van der Waals surface area (Å²) in [5.41, 5.74) is -1.78. The maximum absolute atomic E-state index is 13.6. The molecule has 2 saturated carbocycles. The maximum Gasteiger partial charge on any atom is 0.331 e. The third kappa shape index (κ3) is 5.02. The number of nitrogens with one attached hydrogen (secondary N) is 1. The van der Waals surface area contributed by atoms with Crippen molar-refractivity contribution in [2.75, 3.05) is 0 Å². The Bertz CT molecular complexity index is 1720. The van der Waals surface area contributed by atoms with Gasteiger partial charge in [-0.3, -0.25) is 28.3 Å². The first-order chi connectivity index (χ1) is 19.0. The van der Waals surface area contributed by atoms with Gasteiger partial charge in [-0.1, -0.05) is 24.1 Å². The molecule has 0 aliphatic heterocycles. The van der Waals surface area contributed by atoms with E-state index in [1.807, 2.05) is 6.07 Å². The van der Waals surface area contributed by atoms with Crippen molar-refractivity contribution in [3.05, 3.63) is 71.9 Å². The van der Waals surface area contributed by atoms with E-state index in [0.717, 1.165) is 36.7 Å². The lowest BCUT2D eigenvalue weighted by molar-refractivity contribution is 0.297. The second-order valence-corrected chi connectivity index (χ2v) is 10.6. The van der Waals surface area contributed by atoms with E-state index in [2.05, 4.69) is 20.1 Å². The molecule has 0 radical (unpaired) electrons. The molecular weight excluding hydrogens is 502 g/mol. The van der Waals surface area contributed by atoms with Crippen LogP contribution in [0, 0.1) is 5.92 Å². The Kier molecular flexibility index (Phi) is 6.84. The predicted octanol–water partition coefficient (Wildman–Crippen LogP) is 2.40. The molecule has 39 heavy (non-hydrogen) atoms. The van der Waals surface area contributed by atoms with E-state index in [9.17, 15) is 19.2 Å². The van der Waals surface area contributed by atoms with Crippen molar-refractivity contribution >= 4 is 11.0 Å². The van der Waals surface area contributed by atoms with E-state index < -0.39 is 22.5 Å². The summed E-state index contributed by atoms with van der Waals surface area (Å²) >= 11 is 0. The van der Waals surface area contributed by atoms with Crippen LogP contribution in [0.3, 0.4) is 0 Å². The van der Waals surface area contributed by atoms with Crippen LogP contribution in [-0.4, -0.2) is 33.8 Å². The molecule has 0 bridgehead atoms. The number of unbranched alkanes of at least 4 members (excludes halogenated alkanes) is 1. The smallest absolute Gasteiger partial charge is 0.331 e. The molecule has 0 amide bonds. The Labute approximate surface area is 222 Å². The van der Waals surface area contributed by atoms with E-state index in [1.54, 1.807) is 18.3 Å². The Morgan fingerprint density at radius 3 is 2.49 bits per heavy atom. The average molecular weight is 534 g/mol. The molecule has 0 aromatic carbocycles. The van der Waals surface area contributed by atoms with Gasteiger partial charge < -0.3 is 9.51 Å². The van der Waals surface area contributed by atoms with Crippen molar-refractivity contribution in [2.45, 2.75) is 83.3 Å². The summed E-state index contributed by atoms with van der Waals surface area (Å²) in [5, 5.41) is 4.00. The van der Waals surface area contributed by atoms with Gasteiger partial charge in [0.25, 0.3) is 17.0 Å². The number of H-pyrrole nitrogens is 1. The Morgan fingerprint density at radius 1 is 0.949 bits per heavy atom. The molecule has 0 unspecified atom stereocenters. The van der Waals surface area contributed by atoms with Crippen LogP contribution in [0.4, 0.5) is 0 Å². The second kappa shape index (κ2) is 10.6. The molecule has 4 aromatic rings. The lowest BCUT2D eigenvalue weighted by atomic mass is 9.93. The minimum Gasteiger partial charge on any atom is -0.332 e. The van der Waals surface area contributed by atoms with Gasteiger partial charge in [0.05, 0.1) is 0 Å². The summed E-state index contributed by atoms with van der Waals surface area (Å²) in [5.74, 6) is 1.52. The molecule has 0 saturated heterocycles. The topological polar surface area (TPSA) is 151 Å². The molecule has 2 aliphatic rings. The SMILES string of the molecule is O=c1c2[nH]c(=O)n(C3CCC3)c(=O)c2n(CCCC2CC2)c(=O)n1CCCCc1noc(-c2ccccn2)n1. The second-order valence-electron chi connectivity index (χ2n) is 10.6. The molecule has 0 spiro atoms. The first kappa shape index (κ1) is 25.2. The largest absolute Gasteiger partial charge is 0.332 e. The lowest BCUT2D eigenvalue weighted by Gasteiger charge is -2.27. The predicted molar refractivity (Wildman–Crippen MR) is 143 cm³/mol. The summed E-state index contributed by atoms with van der Waals surface area (Å²) in [6.45, 7) is 0.478. The standard InChI is InChI=1S/C27H31N7O5/c35-24-21-22(25(36)34(26(37)30-21)18-8-5-9-18)32(16-6-7-17-12-13-17)27(38)33(24)15-4-2-11-20-29-23(39-31-20)19-10-1-3-14-28-19/h1,3,10,14,17-18H,2,4-9,11-13,15-16H2,(H,30,37). The van der Waals surface area contributed by atoms with Gasteiger partial charge in [0.2, 0.25) is 0 Å². The van der Waals surface area contributed by atoms with E-state index in [4.69, 9.17) is 4.52 Å². The van der Waals surface area contributed by atoms with Crippen LogP contribution in [0.2, 0.25) is 0 Å². The summed E-state index contributed by atoms with van der Waals surface area (Å²) in [7, 11) is 0. The van der Waals surface area contributed by atoms with Gasteiger partial charge in [0.1, 0.15) is 16.7 Å². The summed E-state index contributed by atoms with van der Waals surface area (Å²) in [4.78, 5) is 64.4. The summed E-state index contributed by atoms with van der Waals surface area (Å²) < 4.78 is 9.03. The first-order valence-corrected chi connectivity index (χ1v) is 13.8. The number of hydrogen-bond acceptors (Lipinski definition) is 8. The first-order valence-electron chi connectivity index (χ1n) is 13.8. The lowest BCUT2D eigenvalue weighted by Crippen LogP contribution is -2.47. The fourth-order valence-corrected chi connectivity index (χ4v) is 5.24. The van der Waals surface area contributed by atoms with Gasteiger partial charge in [0.15, 0.2) is 5.82 Å². The van der Waals surface area contributed by atoms with Crippen LogP contribution in [0.5, 0.6) is 0 Å². The van der Waals surface area contributed by atoms with Crippen molar-refractivity contribution in [2.24, 2.45) is 5.92 Å². The number of aromatic nitrogens is 7. The Balaban J connectivity index is 1.25. The molecule has 12 heteroatoms. The quantitative estimate of drug-likeness (QED) is 0.289. The molecule has 12 nitrogen and oxygen atoms in total. The maximum atomic E-state index is 13.6. The normalized spacial score (nSPS) is 15.6. The number of fused-ring (bicyclic) bond motifs is 1. The highest BCUT2D eigenvalue weighted by Crippen LogP contribution is 2.33. The van der Waals surface area contributed by atoms with Crippen LogP contribution >= 0.6 is 0 Å². The molecule has 1 N–H and O–H groups in total. The minimum absolute atomic E-state index is 0.0115. The van der Waals surface area contributed by atoms with Gasteiger partial charge in [0, 0.05) is 31.7 Å². The third-order valence-corrected chi connectivity index (χ3v) is 7.81. The van der Waals surface area contributed by atoms with E-state index in [-0.39, 0.29) is 23.6 Å². The Hall–Kier alpha value is -4.09. The molecule has 4 heterocycles. The average Bonchev–Trinajstić information content (AvgIpc) is 3.62. The van der Waals surface area contributed by atoms with Crippen molar-refractivity contribution in [1.82, 2.24) is 33.8 Å². The highest BCUT2D eigenvalue weighted by molar-refractivity contribution is 5.72. The van der Waals surface area contributed by atoms with Gasteiger partial charge >= 0.3 is 11.4 Å². The van der Waals surface area contributed by atoms with E-state index >= 15 is 0 Å². The number of rotatable bonds is 11. The third-order valence-electron chi connectivity index (χ3n) is 7.81. The molecule has 4 aromatic heterocycles. The fourth-order valence-electron chi connectivity index (χ4n) is 5.24. The van der Waals surface area contributed by atoms with Crippen LogP contribution in [0.1, 0.15) is 69.7 Å². The zero-order valence-corrected chi connectivity index (χ0v) is 21.7. The van der Waals surface area contributed by atoms with Gasteiger partial charge in [-0.15, -0.1) is 0 Å². The molecule has 6 rings (SSSR count). The summed E-state index contributed by atoms with van der Waals surface area (Å²) in [6.07, 6.45) is 9.76. The van der Waals surface area contributed by atoms with Crippen molar-refractivity contribution in [1.29, 1.82) is 0 Å². The molecule has 2 fully saturated rings. The monoisotopic (exact) mass is 533 g/mol. The minimum atomic E-state index is -0.639. The van der Waals surface area contributed by atoms with Crippen molar-refractivity contribution in [3.8, 4) is 11.6 Å². The zero-order chi connectivity index (χ0) is 26.9. The van der Waals surface area contributed by atoms with Crippen molar-refractivity contribution in [3.63, 3.8) is 0 Å². The molecule has 2 aliphatic carbocycles. The zero-order valence-electron chi connectivity index (χ0n) is 21.7. The number of aryl methyl sites for hydroxylation is 2. The number of hydrogen-bond donors (Lipinski definition) is 1. The molecule has 0 atom stereocenters. The van der Waals surface area contributed by atoms with Crippen LogP contribution < -0.4 is 22.5 Å². The van der Waals surface area contributed by atoms with Crippen LogP contribution in [0.25, 0.3) is 22.6 Å². The summed E-state index contributed by atoms with van der Waals surface area (Å²) in [6, 6.07) is 5.23. The highest BCUT2D eigenvalue weighted by atomic mass is 16.5. The van der Waals surface area contributed by atoms with Crippen molar-refractivity contribution < 1.29 is 4.52 Å². The van der Waals surface area contributed by atoms with Gasteiger partial charge in [-0.2, -0.15) is 4.98 Å².